The van der Waals surface area contributed by atoms with Gasteiger partial charge in [0, 0.05) is 17.2 Å². The van der Waals surface area contributed by atoms with Crippen molar-refractivity contribution in [2.45, 2.75) is 32.6 Å². The zero-order chi connectivity index (χ0) is 21.1. The highest BCUT2D eigenvalue weighted by Crippen LogP contribution is 2.53. The van der Waals surface area contributed by atoms with Crippen molar-refractivity contribution < 1.29 is 19.1 Å². The fourth-order valence-corrected chi connectivity index (χ4v) is 5.06. The Morgan fingerprint density at radius 1 is 0.933 bits per heavy atom. The molecule has 0 spiro atoms. The van der Waals surface area contributed by atoms with E-state index in [9.17, 15) is 14.4 Å². The first-order valence-corrected chi connectivity index (χ1v) is 10.7. The normalized spacial score (nSPS) is 24.4. The van der Waals surface area contributed by atoms with Crippen molar-refractivity contribution in [1.29, 1.82) is 0 Å². The maximum absolute atomic E-state index is 13.1. The van der Waals surface area contributed by atoms with E-state index in [0.717, 1.165) is 25.7 Å². The van der Waals surface area contributed by atoms with E-state index < -0.39 is 11.9 Å². The Morgan fingerprint density at radius 3 is 2.27 bits per heavy atom. The zero-order valence-corrected chi connectivity index (χ0v) is 17.2. The second-order valence-electron chi connectivity index (χ2n) is 8.32. The SMILES string of the molecule is CCc1ccc(NC(=O)COC(=O)[C@@H]2[C@H]3CC[C@@H](C3)[C@H]2C(=O)c2ccccc2)cc1. The van der Waals surface area contributed by atoms with Crippen LogP contribution in [-0.2, 0) is 20.7 Å². The van der Waals surface area contributed by atoms with E-state index in [1.54, 1.807) is 12.1 Å². The summed E-state index contributed by atoms with van der Waals surface area (Å²) in [7, 11) is 0. The number of fused-ring (bicyclic) bond motifs is 2. The van der Waals surface area contributed by atoms with Gasteiger partial charge in [-0.15, -0.1) is 0 Å². The zero-order valence-electron chi connectivity index (χ0n) is 17.2. The van der Waals surface area contributed by atoms with Gasteiger partial charge in [0.25, 0.3) is 5.91 Å². The van der Waals surface area contributed by atoms with Crippen LogP contribution < -0.4 is 5.32 Å². The molecule has 1 amide bonds. The maximum Gasteiger partial charge on any atom is 0.310 e. The molecule has 5 nitrogen and oxygen atoms in total. The molecule has 2 aromatic carbocycles. The molecule has 0 saturated heterocycles. The van der Waals surface area contributed by atoms with E-state index in [4.69, 9.17) is 4.74 Å². The van der Waals surface area contributed by atoms with Crippen LogP contribution in [0, 0.1) is 23.7 Å². The molecule has 4 rings (SSSR count). The second kappa shape index (κ2) is 8.82. The van der Waals surface area contributed by atoms with Gasteiger partial charge in [0.05, 0.1) is 5.92 Å². The Bertz CT molecular complexity index is 922. The fraction of sp³-hybridized carbons (Fsp3) is 0.400. The molecule has 2 aliphatic rings. The van der Waals surface area contributed by atoms with Crippen LogP contribution in [0.1, 0.15) is 42.1 Å². The van der Waals surface area contributed by atoms with Gasteiger partial charge in [-0.3, -0.25) is 14.4 Å². The van der Waals surface area contributed by atoms with E-state index in [0.29, 0.717) is 11.3 Å². The Balaban J connectivity index is 1.38. The number of rotatable bonds is 7. The highest BCUT2D eigenvalue weighted by molar-refractivity contribution is 6.01. The summed E-state index contributed by atoms with van der Waals surface area (Å²) in [6.45, 7) is 1.73. The number of ketones is 1. The van der Waals surface area contributed by atoms with Gasteiger partial charge >= 0.3 is 5.97 Å². The Labute approximate surface area is 176 Å². The topological polar surface area (TPSA) is 72.5 Å². The summed E-state index contributed by atoms with van der Waals surface area (Å²) in [5, 5.41) is 2.75. The molecule has 5 heteroatoms. The lowest BCUT2D eigenvalue weighted by Gasteiger charge is -2.28. The van der Waals surface area contributed by atoms with Crippen LogP contribution >= 0.6 is 0 Å². The molecule has 2 fully saturated rings. The highest BCUT2D eigenvalue weighted by atomic mass is 16.5. The third-order valence-electron chi connectivity index (χ3n) is 6.54. The fourth-order valence-electron chi connectivity index (χ4n) is 5.06. The number of aryl methyl sites for hydroxylation is 1. The summed E-state index contributed by atoms with van der Waals surface area (Å²) in [6, 6.07) is 16.7. The number of nitrogens with one attached hydrogen (secondary N) is 1. The summed E-state index contributed by atoms with van der Waals surface area (Å²) in [6.07, 6.45) is 3.74. The summed E-state index contributed by atoms with van der Waals surface area (Å²) >= 11 is 0. The van der Waals surface area contributed by atoms with Crippen LogP contribution in [-0.4, -0.2) is 24.3 Å². The third-order valence-corrected chi connectivity index (χ3v) is 6.54. The predicted octanol–water partition coefficient (Wildman–Crippen LogP) is 4.28. The number of Topliss-reactive ketones (excluding diaryl/α,β-unsaturated/α-hetero) is 1. The number of anilines is 1. The first kappa shape index (κ1) is 20.3. The minimum Gasteiger partial charge on any atom is -0.455 e. The van der Waals surface area contributed by atoms with E-state index in [-0.39, 0.29) is 36.1 Å². The Kier molecular flexibility index (Phi) is 5.98. The van der Waals surface area contributed by atoms with Gasteiger partial charge in [-0.05, 0) is 55.2 Å². The van der Waals surface area contributed by atoms with Crippen molar-refractivity contribution in [3.8, 4) is 0 Å². The van der Waals surface area contributed by atoms with Crippen molar-refractivity contribution in [3.05, 3.63) is 65.7 Å². The van der Waals surface area contributed by atoms with E-state index in [2.05, 4.69) is 12.2 Å². The van der Waals surface area contributed by atoms with Crippen LogP contribution in [0.2, 0.25) is 0 Å². The molecule has 2 bridgehead atoms. The molecule has 2 aliphatic carbocycles. The molecule has 0 aliphatic heterocycles. The molecule has 0 unspecified atom stereocenters. The van der Waals surface area contributed by atoms with Gasteiger partial charge in [-0.2, -0.15) is 0 Å². The number of hydrogen-bond acceptors (Lipinski definition) is 4. The van der Waals surface area contributed by atoms with E-state index in [1.807, 2.05) is 42.5 Å². The standard InChI is InChI=1S/C25H27NO4/c1-2-16-8-12-20(13-9-16)26-21(27)15-30-25(29)23-19-11-10-18(14-19)22(23)24(28)17-6-4-3-5-7-17/h3-9,12-13,18-19,22-23H,2,10-11,14-15H2,1H3,(H,26,27)/t18-,19-,22+,23+/m0/s1. The molecule has 4 atom stereocenters. The first-order valence-electron chi connectivity index (χ1n) is 10.7. The van der Waals surface area contributed by atoms with Gasteiger partial charge in [0.2, 0.25) is 0 Å². The number of ether oxygens (including phenoxy) is 1. The van der Waals surface area contributed by atoms with Gasteiger partial charge in [0.1, 0.15) is 0 Å². The van der Waals surface area contributed by atoms with Crippen LogP contribution in [0.5, 0.6) is 0 Å². The minimum atomic E-state index is -0.451. The van der Waals surface area contributed by atoms with Crippen molar-refractivity contribution in [2.75, 3.05) is 11.9 Å². The summed E-state index contributed by atoms with van der Waals surface area (Å²) in [5.41, 5.74) is 2.50. The lowest BCUT2D eigenvalue weighted by Crippen LogP contribution is -2.37. The molecule has 2 aromatic rings. The molecule has 0 radical (unpaired) electrons. The molecular weight excluding hydrogens is 378 g/mol. The number of carbonyl (C=O) groups excluding carboxylic acids is 3. The summed E-state index contributed by atoms with van der Waals surface area (Å²) in [5.74, 6) is -1.17. The number of esters is 1. The van der Waals surface area contributed by atoms with Gasteiger partial charge in [-0.25, -0.2) is 0 Å². The second-order valence-corrected chi connectivity index (χ2v) is 8.32. The summed E-state index contributed by atoms with van der Waals surface area (Å²) in [4.78, 5) is 38.2. The van der Waals surface area contributed by atoms with Crippen LogP contribution in [0.3, 0.4) is 0 Å². The molecule has 0 aromatic heterocycles. The first-order chi connectivity index (χ1) is 14.6. The maximum atomic E-state index is 13.1. The lowest BCUT2D eigenvalue weighted by atomic mass is 9.75. The van der Waals surface area contributed by atoms with Gasteiger partial charge in [-0.1, -0.05) is 49.4 Å². The number of benzene rings is 2. The Morgan fingerprint density at radius 2 is 1.60 bits per heavy atom. The molecule has 0 heterocycles. The quantitative estimate of drug-likeness (QED) is 0.551. The number of hydrogen-bond donors (Lipinski definition) is 1. The van der Waals surface area contributed by atoms with Crippen LogP contribution in [0.15, 0.2) is 54.6 Å². The molecule has 156 valence electrons. The lowest BCUT2D eigenvalue weighted by molar-refractivity contribution is -0.154. The largest absolute Gasteiger partial charge is 0.455 e. The highest BCUT2D eigenvalue weighted by Gasteiger charge is 2.54. The average Bonchev–Trinajstić information content (AvgIpc) is 3.40. The third kappa shape index (κ3) is 4.16. The smallest absolute Gasteiger partial charge is 0.310 e. The number of carbonyl (C=O) groups is 3. The van der Waals surface area contributed by atoms with Gasteiger partial charge < -0.3 is 10.1 Å². The number of amides is 1. The van der Waals surface area contributed by atoms with Crippen molar-refractivity contribution >= 4 is 23.3 Å². The van der Waals surface area contributed by atoms with Crippen LogP contribution in [0.4, 0.5) is 5.69 Å². The molecular formula is C25H27NO4. The van der Waals surface area contributed by atoms with Gasteiger partial charge in [0.15, 0.2) is 12.4 Å². The molecule has 2 saturated carbocycles. The molecule has 30 heavy (non-hydrogen) atoms. The predicted molar refractivity (Wildman–Crippen MR) is 114 cm³/mol. The summed E-state index contributed by atoms with van der Waals surface area (Å²) < 4.78 is 5.37. The van der Waals surface area contributed by atoms with E-state index in [1.165, 1.54) is 5.56 Å². The van der Waals surface area contributed by atoms with E-state index >= 15 is 0 Å². The minimum absolute atomic E-state index is 0.0187. The average molecular weight is 405 g/mol. The van der Waals surface area contributed by atoms with Crippen molar-refractivity contribution in [2.24, 2.45) is 23.7 Å². The van der Waals surface area contributed by atoms with Crippen molar-refractivity contribution in [3.63, 3.8) is 0 Å². The van der Waals surface area contributed by atoms with Crippen molar-refractivity contribution in [1.82, 2.24) is 0 Å². The Hall–Kier alpha value is -2.95. The van der Waals surface area contributed by atoms with Crippen LogP contribution in [0.25, 0.3) is 0 Å². The monoisotopic (exact) mass is 405 g/mol. The molecule has 1 N–H and O–H groups in total.